The predicted molar refractivity (Wildman–Crippen MR) is 66.5 cm³/mol. The number of rotatable bonds is 6. The van der Waals surface area contributed by atoms with E-state index in [9.17, 15) is 13.2 Å². The fraction of sp³-hybridized carbons (Fsp3) is 0.909. The zero-order chi connectivity index (χ0) is 12.7. The maximum absolute atomic E-state index is 11.9. The third-order valence-electron chi connectivity index (χ3n) is 2.49. The number of unbranched alkanes of at least 4 members (excludes halogenated alkanes) is 1. The molecule has 0 bridgehead atoms. The Hall–Kier alpha value is -0.390. The first-order valence-electron chi connectivity index (χ1n) is 6.03. The van der Waals surface area contributed by atoms with E-state index in [-0.39, 0.29) is 6.42 Å². The van der Waals surface area contributed by atoms with E-state index in [4.69, 9.17) is 0 Å². The molecule has 1 rings (SSSR count). The highest BCUT2D eigenvalue weighted by Gasteiger charge is 2.25. The van der Waals surface area contributed by atoms with Crippen molar-refractivity contribution in [3.8, 4) is 0 Å². The van der Waals surface area contributed by atoms with Crippen molar-refractivity contribution in [1.29, 1.82) is 0 Å². The van der Waals surface area contributed by atoms with E-state index in [1.165, 1.54) is 0 Å². The van der Waals surface area contributed by atoms with Crippen LogP contribution in [-0.4, -0.2) is 29.7 Å². The van der Waals surface area contributed by atoms with Gasteiger partial charge in [-0.1, -0.05) is 25.1 Å². The molecule has 1 atom stereocenters. The fourth-order valence-corrected chi connectivity index (χ4v) is 2.79. The van der Waals surface area contributed by atoms with E-state index >= 15 is 0 Å². The monoisotopic (exact) mass is 268 g/mol. The zero-order valence-electron chi connectivity index (χ0n) is 10.0. The number of amidine groups is 1. The Kier molecular flexibility index (Phi) is 6.16. The number of hydrogen-bond acceptors (Lipinski definition) is 3. The van der Waals surface area contributed by atoms with E-state index in [2.05, 4.69) is 17.2 Å². The standard InChI is InChI=1S/C11H19F3N2S/c1-2-5-9-8-16-10(17-9)15-7-4-3-6-11(12,13)14/h9H,2-8H2,1H3,(H,15,16). The van der Waals surface area contributed by atoms with Gasteiger partial charge in [-0.2, -0.15) is 13.2 Å². The molecular weight excluding hydrogens is 249 g/mol. The lowest BCUT2D eigenvalue weighted by Gasteiger charge is -2.08. The van der Waals surface area contributed by atoms with E-state index in [0.29, 0.717) is 18.2 Å². The predicted octanol–water partition coefficient (Wildman–Crippen LogP) is 3.58. The van der Waals surface area contributed by atoms with Crippen molar-refractivity contribution in [2.45, 2.75) is 50.5 Å². The van der Waals surface area contributed by atoms with Crippen LogP contribution in [0.2, 0.25) is 0 Å². The Morgan fingerprint density at radius 3 is 2.82 bits per heavy atom. The van der Waals surface area contributed by atoms with Gasteiger partial charge < -0.3 is 5.32 Å². The van der Waals surface area contributed by atoms with Crippen molar-refractivity contribution in [3.63, 3.8) is 0 Å². The van der Waals surface area contributed by atoms with E-state index in [1.807, 2.05) is 0 Å². The summed E-state index contributed by atoms with van der Waals surface area (Å²) in [4.78, 5) is 4.33. The van der Waals surface area contributed by atoms with Gasteiger partial charge in [0.25, 0.3) is 0 Å². The average Bonchev–Trinajstić information content (AvgIpc) is 2.64. The highest BCUT2D eigenvalue weighted by molar-refractivity contribution is 8.14. The maximum Gasteiger partial charge on any atom is 0.389 e. The number of thioether (sulfide) groups is 1. The second kappa shape index (κ2) is 7.13. The van der Waals surface area contributed by atoms with Crippen LogP contribution in [0.15, 0.2) is 4.99 Å². The van der Waals surface area contributed by atoms with Crippen molar-refractivity contribution in [2.75, 3.05) is 13.1 Å². The van der Waals surface area contributed by atoms with Crippen LogP contribution in [-0.2, 0) is 0 Å². The molecule has 1 heterocycles. The Morgan fingerprint density at radius 1 is 1.41 bits per heavy atom. The van der Waals surface area contributed by atoms with Crippen LogP contribution in [0.3, 0.4) is 0 Å². The Balaban J connectivity index is 2.01. The van der Waals surface area contributed by atoms with E-state index in [1.54, 1.807) is 11.8 Å². The van der Waals surface area contributed by atoms with Gasteiger partial charge in [-0.25, -0.2) is 0 Å². The van der Waals surface area contributed by atoms with Gasteiger partial charge in [-0.15, -0.1) is 0 Å². The molecule has 0 aromatic rings. The number of nitrogens with one attached hydrogen (secondary N) is 1. The van der Waals surface area contributed by atoms with Crippen LogP contribution in [0.25, 0.3) is 0 Å². The first-order chi connectivity index (χ1) is 8.01. The third-order valence-corrected chi connectivity index (χ3v) is 3.71. The van der Waals surface area contributed by atoms with Gasteiger partial charge >= 0.3 is 6.18 Å². The van der Waals surface area contributed by atoms with Crippen LogP contribution < -0.4 is 5.32 Å². The molecule has 100 valence electrons. The lowest BCUT2D eigenvalue weighted by Crippen LogP contribution is -2.21. The number of aliphatic imine (C=N–C) groups is 1. The summed E-state index contributed by atoms with van der Waals surface area (Å²) in [5.41, 5.74) is 0. The van der Waals surface area contributed by atoms with Crippen molar-refractivity contribution in [1.82, 2.24) is 5.32 Å². The zero-order valence-corrected chi connectivity index (χ0v) is 10.8. The summed E-state index contributed by atoms with van der Waals surface area (Å²) in [5, 5.41) is 4.55. The van der Waals surface area contributed by atoms with Crippen molar-refractivity contribution in [3.05, 3.63) is 0 Å². The summed E-state index contributed by atoms with van der Waals surface area (Å²) in [6.07, 6.45) is -1.69. The summed E-state index contributed by atoms with van der Waals surface area (Å²) in [7, 11) is 0. The third kappa shape index (κ3) is 6.81. The van der Waals surface area contributed by atoms with Crippen LogP contribution in [0.1, 0.15) is 39.0 Å². The van der Waals surface area contributed by atoms with Crippen LogP contribution in [0.4, 0.5) is 13.2 Å². The molecule has 6 heteroatoms. The van der Waals surface area contributed by atoms with Crippen molar-refractivity contribution in [2.24, 2.45) is 4.99 Å². The molecule has 0 spiro atoms. The van der Waals surface area contributed by atoms with Gasteiger partial charge in [0.05, 0.1) is 6.54 Å². The minimum absolute atomic E-state index is 0.187. The molecule has 0 aromatic carbocycles. The summed E-state index contributed by atoms with van der Waals surface area (Å²) in [6.45, 7) is 3.56. The molecule has 0 saturated heterocycles. The minimum Gasteiger partial charge on any atom is -0.365 e. The summed E-state index contributed by atoms with van der Waals surface area (Å²) >= 11 is 1.72. The highest BCUT2D eigenvalue weighted by atomic mass is 32.2. The lowest BCUT2D eigenvalue weighted by atomic mass is 10.2. The summed E-state index contributed by atoms with van der Waals surface area (Å²) < 4.78 is 35.6. The van der Waals surface area contributed by atoms with Gasteiger partial charge in [0, 0.05) is 18.2 Å². The molecule has 1 unspecified atom stereocenters. The van der Waals surface area contributed by atoms with E-state index in [0.717, 1.165) is 24.6 Å². The molecule has 0 aliphatic carbocycles. The van der Waals surface area contributed by atoms with E-state index < -0.39 is 12.6 Å². The lowest BCUT2D eigenvalue weighted by molar-refractivity contribution is -0.135. The molecule has 2 nitrogen and oxygen atoms in total. The highest BCUT2D eigenvalue weighted by Crippen LogP contribution is 2.24. The van der Waals surface area contributed by atoms with Crippen LogP contribution in [0, 0.1) is 0 Å². The van der Waals surface area contributed by atoms with Gasteiger partial charge in [0.1, 0.15) is 0 Å². The van der Waals surface area contributed by atoms with Gasteiger partial charge in [0.15, 0.2) is 5.17 Å². The topological polar surface area (TPSA) is 24.4 Å². The number of nitrogens with zero attached hydrogens (tertiary/aromatic N) is 1. The molecule has 1 aliphatic heterocycles. The van der Waals surface area contributed by atoms with Crippen LogP contribution >= 0.6 is 11.8 Å². The Labute approximate surface area is 104 Å². The fourth-order valence-electron chi connectivity index (χ4n) is 1.63. The quantitative estimate of drug-likeness (QED) is 0.745. The second-order valence-corrected chi connectivity index (χ2v) is 5.46. The number of hydrogen-bond donors (Lipinski definition) is 1. The number of alkyl halides is 3. The van der Waals surface area contributed by atoms with Gasteiger partial charge in [0.2, 0.25) is 0 Å². The molecular formula is C11H19F3N2S. The number of halogens is 3. The molecule has 1 aliphatic rings. The molecule has 0 fully saturated rings. The minimum atomic E-state index is -4.02. The maximum atomic E-state index is 11.9. The molecule has 1 N–H and O–H groups in total. The van der Waals surface area contributed by atoms with Crippen LogP contribution in [0.5, 0.6) is 0 Å². The van der Waals surface area contributed by atoms with Gasteiger partial charge in [-0.3, -0.25) is 4.99 Å². The second-order valence-electron chi connectivity index (χ2n) is 4.17. The Morgan fingerprint density at radius 2 is 2.18 bits per heavy atom. The smallest absolute Gasteiger partial charge is 0.365 e. The molecule has 0 amide bonds. The molecule has 0 aromatic heterocycles. The van der Waals surface area contributed by atoms with Crippen molar-refractivity contribution >= 4 is 16.9 Å². The first-order valence-corrected chi connectivity index (χ1v) is 6.91. The average molecular weight is 268 g/mol. The molecule has 17 heavy (non-hydrogen) atoms. The first kappa shape index (κ1) is 14.7. The molecule has 0 saturated carbocycles. The largest absolute Gasteiger partial charge is 0.389 e. The summed E-state index contributed by atoms with van der Waals surface area (Å²) in [6, 6.07) is 0. The van der Waals surface area contributed by atoms with Gasteiger partial charge in [-0.05, 0) is 19.3 Å². The molecule has 0 radical (unpaired) electrons. The van der Waals surface area contributed by atoms with Crippen molar-refractivity contribution < 1.29 is 13.2 Å². The SMILES string of the molecule is CCCC1CN=C(NCCCCC(F)(F)F)S1. The normalized spacial score (nSPS) is 20.5. The summed E-state index contributed by atoms with van der Waals surface area (Å²) in [5.74, 6) is 0. The Bertz CT molecular complexity index is 254.